The molecule has 1 heterocycles. The molecular weight excluding hydrogens is 190 g/mol. The van der Waals surface area contributed by atoms with E-state index in [-0.39, 0.29) is 0 Å². The lowest BCUT2D eigenvalue weighted by Crippen LogP contribution is -2.34. The van der Waals surface area contributed by atoms with Crippen molar-refractivity contribution in [1.29, 1.82) is 0 Å². The molecule has 1 unspecified atom stereocenters. The molecule has 0 aliphatic heterocycles. The number of rotatable bonds is 2. The van der Waals surface area contributed by atoms with Crippen molar-refractivity contribution < 1.29 is 4.57 Å². The van der Waals surface area contributed by atoms with Crippen LogP contribution in [-0.2, 0) is 0 Å². The zero-order valence-electron chi connectivity index (χ0n) is 6.00. The highest BCUT2D eigenvalue weighted by atomic mass is 79.9. The molecule has 0 saturated carbocycles. The van der Waals surface area contributed by atoms with Crippen LogP contribution in [0, 0.1) is 0 Å². The van der Waals surface area contributed by atoms with Gasteiger partial charge in [0.15, 0.2) is 12.4 Å². The molecule has 0 saturated heterocycles. The van der Waals surface area contributed by atoms with Gasteiger partial charge in [-0.1, -0.05) is 13.0 Å². The van der Waals surface area contributed by atoms with E-state index in [4.69, 9.17) is 0 Å². The van der Waals surface area contributed by atoms with Gasteiger partial charge in [-0.2, -0.15) is 4.57 Å². The van der Waals surface area contributed by atoms with Gasteiger partial charge in [-0.05, 0) is 15.9 Å². The van der Waals surface area contributed by atoms with E-state index in [1.807, 2.05) is 18.2 Å². The van der Waals surface area contributed by atoms with Gasteiger partial charge in [-0.15, -0.1) is 0 Å². The maximum atomic E-state index is 3.55. The summed E-state index contributed by atoms with van der Waals surface area (Å²) in [6.07, 6.45) is 5.22. The van der Waals surface area contributed by atoms with Gasteiger partial charge in [0.05, 0.1) is 0 Å². The Morgan fingerprint density at radius 3 is 2.40 bits per heavy atom. The lowest BCUT2D eigenvalue weighted by Gasteiger charge is -1.99. The van der Waals surface area contributed by atoms with Crippen LogP contribution in [-0.4, -0.2) is 0 Å². The van der Waals surface area contributed by atoms with Gasteiger partial charge in [0.1, 0.15) is 0 Å². The van der Waals surface area contributed by atoms with Crippen molar-refractivity contribution in [3.63, 3.8) is 0 Å². The molecule has 1 rings (SSSR count). The van der Waals surface area contributed by atoms with Gasteiger partial charge >= 0.3 is 0 Å². The molecule has 0 aliphatic carbocycles. The molecule has 0 N–H and O–H groups in total. The first-order valence-electron chi connectivity index (χ1n) is 3.44. The van der Waals surface area contributed by atoms with E-state index in [1.165, 1.54) is 0 Å². The molecule has 1 aromatic heterocycles. The minimum atomic E-state index is 0.439. The maximum absolute atomic E-state index is 3.55. The summed E-state index contributed by atoms with van der Waals surface area (Å²) in [4.78, 5) is 0.439. The molecule has 0 bridgehead atoms. The first-order valence-corrected chi connectivity index (χ1v) is 4.36. The first-order chi connectivity index (χ1) is 4.84. The molecule has 1 atom stereocenters. The molecule has 10 heavy (non-hydrogen) atoms. The third-order valence-electron chi connectivity index (χ3n) is 1.40. The summed E-state index contributed by atoms with van der Waals surface area (Å²) >= 11 is 3.55. The monoisotopic (exact) mass is 200 g/mol. The number of hydrogen-bond acceptors (Lipinski definition) is 0. The van der Waals surface area contributed by atoms with Crippen molar-refractivity contribution in [2.24, 2.45) is 0 Å². The number of aromatic nitrogens is 1. The smallest absolute Gasteiger partial charge is 0.192 e. The second-order valence-corrected chi connectivity index (χ2v) is 3.22. The summed E-state index contributed by atoms with van der Waals surface area (Å²) < 4.78 is 2.14. The van der Waals surface area contributed by atoms with E-state index in [9.17, 15) is 0 Å². The van der Waals surface area contributed by atoms with Crippen LogP contribution in [0.3, 0.4) is 0 Å². The van der Waals surface area contributed by atoms with Crippen molar-refractivity contribution in [2.75, 3.05) is 0 Å². The minimum Gasteiger partial charge on any atom is -0.192 e. The molecule has 1 nitrogen and oxygen atoms in total. The van der Waals surface area contributed by atoms with E-state index in [0.717, 1.165) is 6.42 Å². The van der Waals surface area contributed by atoms with Gasteiger partial charge in [0.25, 0.3) is 0 Å². The average Bonchev–Trinajstić information content (AvgIpc) is 2.05. The number of pyridine rings is 1. The molecule has 0 fully saturated rings. The molecule has 0 aromatic carbocycles. The van der Waals surface area contributed by atoms with Crippen LogP contribution in [0.2, 0.25) is 0 Å². The largest absolute Gasteiger partial charge is 0.211 e. The van der Waals surface area contributed by atoms with Crippen molar-refractivity contribution in [3.8, 4) is 0 Å². The quantitative estimate of drug-likeness (QED) is 0.510. The highest BCUT2D eigenvalue weighted by Gasteiger charge is 2.08. The average molecular weight is 201 g/mol. The zero-order chi connectivity index (χ0) is 7.40. The van der Waals surface area contributed by atoms with E-state index in [2.05, 4.69) is 39.8 Å². The maximum Gasteiger partial charge on any atom is 0.211 e. The van der Waals surface area contributed by atoms with Gasteiger partial charge < -0.3 is 0 Å². The van der Waals surface area contributed by atoms with Gasteiger partial charge in [-0.3, -0.25) is 0 Å². The summed E-state index contributed by atoms with van der Waals surface area (Å²) in [5.41, 5.74) is 0. The van der Waals surface area contributed by atoms with Crippen molar-refractivity contribution >= 4 is 15.9 Å². The Labute approximate surface area is 69.8 Å². The first kappa shape index (κ1) is 7.73. The van der Waals surface area contributed by atoms with Crippen molar-refractivity contribution in [3.05, 3.63) is 30.6 Å². The SMILES string of the molecule is CCC(Br)[n+]1ccccc1. The normalized spacial score (nSPS) is 13.0. The highest BCUT2D eigenvalue weighted by molar-refractivity contribution is 9.09. The van der Waals surface area contributed by atoms with E-state index < -0.39 is 0 Å². The predicted octanol–water partition coefficient (Wildman–Crippen LogP) is 2.28. The third kappa shape index (κ3) is 1.81. The summed E-state index contributed by atoms with van der Waals surface area (Å²) in [6.45, 7) is 2.15. The Morgan fingerprint density at radius 1 is 1.30 bits per heavy atom. The number of hydrogen-bond donors (Lipinski definition) is 0. The van der Waals surface area contributed by atoms with Gasteiger partial charge in [0, 0.05) is 18.6 Å². The van der Waals surface area contributed by atoms with Crippen LogP contribution in [0.5, 0.6) is 0 Å². The Morgan fingerprint density at radius 2 is 1.90 bits per heavy atom. The van der Waals surface area contributed by atoms with Gasteiger partial charge in [-0.25, -0.2) is 0 Å². The molecule has 2 heteroatoms. The van der Waals surface area contributed by atoms with Crippen molar-refractivity contribution in [1.82, 2.24) is 0 Å². The van der Waals surface area contributed by atoms with Crippen LogP contribution < -0.4 is 4.57 Å². The number of nitrogens with zero attached hydrogens (tertiary/aromatic N) is 1. The Hall–Kier alpha value is -0.370. The van der Waals surface area contributed by atoms with Crippen LogP contribution in [0.25, 0.3) is 0 Å². The molecule has 1 aromatic rings. The zero-order valence-corrected chi connectivity index (χ0v) is 7.58. The summed E-state index contributed by atoms with van der Waals surface area (Å²) in [5.74, 6) is 0. The predicted molar refractivity (Wildman–Crippen MR) is 44.9 cm³/mol. The standard InChI is InChI=1S/C8H11BrN/c1-2-8(9)10-6-4-3-5-7-10/h3-8H,2H2,1H3/q+1. The minimum absolute atomic E-state index is 0.439. The van der Waals surface area contributed by atoms with Crippen LogP contribution in [0.1, 0.15) is 18.3 Å². The van der Waals surface area contributed by atoms with Crippen LogP contribution >= 0.6 is 15.9 Å². The molecular formula is C8H11BrN+. The molecule has 54 valence electrons. The molecule has 0 spiro atoms. The lowest BCUT2D eigenvalue weighted by molar-refractivity contribution is -0.697. The van der Waals surface area contributed by atoms with E-state index in [1.54, 1.807) is 0 Å². The second-order valence-electron chi connectivity index (χ2n) is 2.17. The molecule has 0 amide bonds. The summed E-state index contributed by atoms with van der Waals surface area (Å²) in [7, 11) is 0. The van der Waals surface area contributed by atoms with Crippen molar-refractivity contribution in [2.45, 2.75) is 18.3 Å². The Bertz CT molecular complexity index is 186. The highest BCUT2D eigenvalue weighted by Crippen LogP contribution is 2.08. The Kier molecular flexibility index (Phi) is 2.87. The second kappa shape index (κ2) is 3.71. The lowest BCUT2D eigenvalue weighted by atomic mass is 10.4. The summed E-state index contributed by atoms with van der Waals surface area (Å²) in [5, 5.41) is 0. The van der Waals surface area contributed by atoms with Crippen LogP contribution in [0.15, 0.2) is 30.6 Å². The number of halogens is 1. The number of alkyl halides is 1. The fourth-order valence-electron chi connectivity index (χ4n) is 0.810. The molecule has 0 aliphatic rings. The fourth-order valence-corrected chi connectivity index (χ4v) is 1.08. The Balaban J connectivity index is 2.75. The topological polar surface area (TPSA) is 3.88 Å². The van der Waals surface area contributed by atoms with E-state index in [0.29, 0.717) is 4.95 Å². The summed E-state index contributed by atoms with van der Waals surface area (Å²) in [6, 6.07) is 6.08. The van der Waals surface area contributed by atoms with Gasteiger partial charge in [0.2, 0.25) is 4.95 Å². The molecule has 0 radical (unpaired) electrons. The van der Waals surface area contributed by atoms with Crippen LogP contribution in [0.4, 0.5) is 0 Å². The van der Waals surface area contributed by atoms with E-state index >= 15 is 0 Å². The fraction of sp³-hybridized carbons (Fsp3) is 0.375. The third-order valence-corrected chi connectivity index (χ3v) is 2.52.